The van der Waals surface area contributed by atoms with Crippen molar-refractivity contribution in [2.75, 3.05) is 26.7 Å². The second kappa shape index (κ2) is 11.0. The number of hydrogen-bond donors (Lipinski definition) is 2. The fraction of sp³-hybridized carbons (Fsp3) is 0.556. The van der Waals surface area contributed by atoms with Crippen LogP contribution in [0.25, 0.3) is 0 Å². The predicted octanol–water partition coefficient (Wildman–Crippen LogP) is 5.38. The van der Waals surface area contributed by atoms with Gasteiger partial charge in [0, 0.05) is 25.0 Å². The van der Waals surface area contributed by atoms with Crippen LogP contribution in [-0.2, 0) is 6.61 Å². The van der Waals surface area contributed by atoms with Crippen LogP contribution in [-0.4, -0.2) is 48.3 Å². The standard InChI is InChI=1S/C27H37ClN2O2/c1-29-23-11-8-16-30(18-23)19-24(27(31)14-6-3-7-15-27)22-12-13-26(25(28)17-22)32-20-21-9-4-2-5-10-21/h2,4-5,9-10,12-13,17,23-24,29,31H,3,6-8,11,14-16,18-20H2,1H3/t23-,24?/m0/s1. The van der Waals surface area contributed by atoms with Crippen LogP contribution in [0.2, 0.25) is 5.02 Å². The number of rotatable bonds is 8. The van der Waals surface area contributed by atoms with Gasteiger partial charge in [-0.3, -0.25) is 0 Å². The summed E-state index contributed by atoms with van der Waals surface area (Å²) in [6.45, 7) is 3.49. The van der Waals surface area contributed by atoms with Crippen molar-refractivity contribution >= 4 is 11.6 Å². The first kappa shape index (κ1) is 23.6. The molecule has 1 saturated heterocycles. The van der Waals surface area contributed by atoms with Crippen molar-refractivity contribution in [2.24, 2.45) is 0 Å². The summed E-state index contributed by atoms with van der Waals surface area (Å²) in [5, 5.41) is 15.8. The Hall–Kier alpha value is -1.59. The molecule has 2 aromatic rings. The van der Waals surface area contributed by atoms with E-state index < -0.39 is 5.60 Å². The molecule has 2 N–H and O–H groups in total. The van der Waals surface area contributed by atoms with Gasteiger partial charge in [0.2, 0.25) is 0 Å². The summed E-state index contributed by atoms with van der Waals surface area (Å²) >= 11 is 6.68. The molecule has 1 aliphatic heterocycles. The molecule has 0 bridgehead atoms. The Morgan fingerprint density at radius 2 is 1.91 bits per heavy atom. The Labute approximate surface area is 197 Å². The van der Waals surface area contributed by atoms with Gasteiger partial charge in [0.25, 0.3) is 0 Å². The molecule has 1 unspecified atom stereocenters. The van der Waals surface area contributed by atoms with Crippen molar-refractivity contribution in [3.8, 4) is 5.75 Å². The minimum Gasteiger partial charge on any atom is -0.487 e. The zero-order valence-electron chi connectivity index (χ0n) is 19.2. The Morgan fingerprint density at radius 3 is 2.62 bits per heavy atom. The number of benzene rings is 2. The van der Waals surface area contributed by atoms with Crippen LogP contribution in [0.3, 0.4) is 0 Å². The smallest absolute Gasteiger partial charge is 0.138 e. The summed E-state index contributed by atoms with van der Waals surface area (Å²) in [7, 11) is 2.05. The van der Waals surface area contributed by atoms with E-state index in [1.807, 2.05) is 49.5 Å². The Kier molecular flexibility index (Phi) is 8.12. The van der Waals surface area contributed by atoms with Gasteiger partial charge >= 0.3 is 0 Å². The van der Waals surface area contributed by atoms with Crippen molar-refractivity contribution in [1.82, 2.24) is 10.2 Å². The van der Waals surface area contributed by atoms with Crippen LogP contribution in [0.4, 0.5) is 0 Å². The van der Waals surface area contributed by atoms with E-state index >= 15 is 0 Å². The molecular weight excluding hydrogens is 420 g/mol. The second-order valence-corrected chi connectivity index (χ2v) is 9.98. The molecular formula is C27H37ClN2O2. The highest BCUT2D eigenvalue weighted by atomic mass is 35.5. The van der Waals surface area contributed by atoms with Crippen LogP contribution >= 0.6 is 11.6 Å². The van der Waals surface area contributed by atoms with Crippen molar-refractivity contribution in [2.45, 2.75) is 69.1 Å². The number of likely N-dealkylation sites (tertiary alicyclic amines) is 1. The lowest BCUT2D eigenvalue weighted by Crippen LogP contribution is -2.49. The summed E-state index contributed by atoms with van der Waals surface area (Å²) < 4.78 is 5.99. The maximum absolute atomic E-state index is 11.7. The normalized spacial score (nSPS) is 22.4. The first-order valence-electron chi connectivity index (χ1n) is 12.2. The van der Waals surface area contributed by atoms with Gasteiger partial charge in [-0.2, -0.15) is 0 Å². The highest BCUT2D eigenvalue weighted by Crippen LogP contribution is 2.42. The molecule has 1 heterocycles. The number of ether oxygens (including phenoxy) is 1. The van der Waals surface area contributed by atoms with E-state index in [4.69, 9.17) is 16.3 Å². The number of hydrogen-bond acceptors (Lipinski definition) is 4. The molecule has 2 fully saturated rings. The van der Waals surface area contributed by atoms with Gasteiger partial charge in [-0.05, 0) is 62.5 Å². The Morgan fingerprint density at radius 1 is 1.12 bits per heavy atom. The zero-order valence-corrected chi connectivity index (χ0v) is 20.0. The van der Waals surface area contributed by atoms with E-state index in [0.29, 0.717) is 23.4 Å². The summed E-state index contributed by atoms with van der Waals surface area (Å²) in [4.78, 5) is 2.52. The van der Waals surface area contributed by atoms with Crippen LogP contribution in [0.15, 0.2) is 48.5 Å². The molecule has 4 rings (SSSR count). The molecule has 0 spiro atoms. The highest BCUT2D eigenvalue weighted by molar-refractivity contribution is 6.32. The number of halogens is 1. The fourth-order valence-electron chi connectivity index (χ4n) is 5.40. The first-order valence-corrected chi connectivity index (χ1v) is 12.5. The number of likely N-dealkylation sites (N-methyl/N-ethyl adjacent to an activating group) is 1. The van der Waals surface area contributed by atoms with E-state index in [1.54, 1.807) is 0 Å². The zero-order chi connectivity index (χ0) is 22.4. The molecule has 4 nitrogen and oxygen atoms in total. The van der Waals surface area contributed by atoms with Gasteiger partial charge in [0.05, 0.1) is 10.6 Å². The Balaban J connectivity index is 1.52. The van der Waals surface area contributed by atoms with E-state index in [0.717, 1.165) is 56.4 Å². The minimum absolute atomic E-state index is 0.0547. The summed E-state index contributed by atoms with van der Waals surface area (Å²) in [6, 6.07) is 16.8. The van der Waals surface area contributed by atoms with E-state index in [-0.39, 0.29) is 5.92 Å². The van der Waals surface area contributed by atoms with E-state index in [2.05, 4.69) is 16.3 Å². The molecule has 0 radical (unpaired) electrons. The van der Waals surface area contributed by atoms with Gasteiger partial charge < -0.3 is 20.1 Å². The molecule has 0 aromatic heterocycles. The minimum atomic E-state index is -0.666. The van der Waals surface area contributed by atoms with Crippen LogP contribution in [0, 0.1) is 0 Å². The molecule has 0 amide bonds. The van der Waals surface area contributed by atoms with E-state index in [9.17, 15) is 5.11 Å². The van der Waals surface area contributed by atoms with Crippen LogP contribution in [0.5, 0.6) is 5.75 Å². The maximum atomic E-state index is 11.7. The number of nitrogens with one attached hydrogen (secondary N) is 1. The van der Waals surface area contributed by atoms with Crippen molar-refractivity contribution in [3.05, 3.63) is 64.7 Å². The molecule has 5 heteroatoms. The third kappa shape index (κ3) is 5.85. The highest BCUT2D eigenvalue weighted by Gasteiger charge is 2.40. The SMILES string of the molecule is CN[C@H]1CCCN(CC(c2ccc(OCc3ccccc3)c(Cl)c2)C2(O)CCCCC2)C1. The fourth-order valence-corrected chi connectivity index (χ4v) is 5.64. The first-order chi connectivity index (χ1) is 15.6. The molecule has 2 aliphatic rings. The lowest BCUT2D eigenvalue weighted by molar-refractivity contribution is -0.0329. The Bertz CT molecular complexity index is 854. The molecule has 2 aromatic carbocycles. The van der Waals surface area contributed by atoms with Gasteiger partial charge in [0.15, 0.2) is 0 Å². The average molecular weight is 457 g/mol. The van der Waals surface area contributed by atoms with E-state index in [1.165, 1.54) is 19.3 Å². The van der Waals surface area contributed by atoms with Gasteiger partial charge in [-0.15, -0.1) is 0 Å². The molecule has 32 heavy (non-hydrogen) atoms. The number of aliphatic hydroxyl groups is 1. The van der Waals surface area contributed by atoms with Crippen molar-refractivity contribution < 1.29 is 9.84 Å². The molecule has 2 atom stereocenters. The van der Waals surface area contributed by atoms with Crippen molar-refractivity contribution in [3.63, 3.8) is 0 Å². The lowest BCUT2D eigenvalue weighted by Gasteiger charge is -2.43. The third-order valence-corrected chi connectivity index (χ3v) is 7.61. The third-order valence-electron chi connectivity index (χ3n) is 7.32. The van der Waals surface area contributed by atoms with Gasteiger partial charge in [-0.25, -0.2) is 0 Å². The van der Waals surface area contributed by atoms with Crippen LogP contribution < -0.4 is 10.1 Å². The summed E-state index contributed by atoms with van der Waals surface area (Å²) in [5.41, 5.74) is 1.57. The molecule has 1 aliphatic carbocycles. The number of nitrogens with zero attached hydrogens (tertiary/aromatic N) is 1. The monoisotopic (exact) mass is 456 g/mol. The second-order valence-electron chi connectivity index (χ2n) is 9.57. The topological polar surface area (TPSA) is 44.7 Å². The number of piperidine rings is 1. The summed E-state index contributed by atoms with van der Waals surface area (Å²) in [5.74, 6) is 0.751. The van der Waals surface area contributed by atoms with Gasteiger partial charge in [-0.1, -0.05) is 67.3 Å². The lowest BCUT2D eigenvalue weighted by atomic mass is 9.72. The predicted molar refractivity (Wildman–Crippen MR) is 132 cm³/mol. The molecule has 1 saturated carbocycles. The van der Waals surface area contributed by atoms with Gasteiger partial charge in [0.1, 0.15) is 12.4 Å². The summed E-state index contributed by atoms with van der Waals surface area (Å²) in [6.07, 6.45) is 7.56. The van der Waals surface area contributed by atoms with Crippen molar-refractivity contribution in [1.29, 1.82) is 0 Å². The van der Waals surface area contributed by atoms with Crippen LogP contribution in [0.1, 0.15) is 62.0 Å². The quantitative estimate of drug-likeness (QED) is 0.559. The maximum Gasteiger partial charge on any atom is 0.138 e. The largest absolute Gasteiger partial charge is 0.487 e. The molecule has 174 valence electrons. The average Bonchev–Trinajstić information content (AvgIpc) is 2.83.